The third kappa shape index (κ3) is 4.03. The van der Waals surface area contributed by atoms with Crippen LogP contribution in [0.1, 0.15) is 77.2 Å². The smallest absolute Gasteiger partial charge is 0.337 e. The number of phenolic OH excluding ortho intramolecular Hbond substituents is 1. The molecule has 160 valence electrons. The van der Waals surface area contributed by atoms with Crippen LogP contribution in [0.15, 0.2) is 46.8 Å². The van der Waals surface area contributed by atoms with Crippen molar-refractivity contribution in [1.82, 2.24) is 5.32 Å². The first kappa shape index (κ1) is 20.7. The minimum absolute atomic E-state index is 0.0524. The molecule has 1 aliphatic heterocycles. The lowest BCUT2D eigenvalue weighted by molar-refractivity contribution is -0.146. The molecule has 0 radical (unpaired) electrons. The van der Waals surface area contributed by atoms with Gasteiger partial charge in [-0.25, -0.2) is 4.79 Å². The molecule has 2 aliphatic carbocycles. The molecule has 1 saturated carbocycles. The minimum atomic E-state index is -0.471. The highest BCUT2D eigenvalue weighted by Gasteiger charge is 2.43. The second-order valence-electron chi connectivity index (χ2n) is 9.69. The van der Waals surface area contributed by atoms with Gasteiger partial charge in [-0.15, -0.1) is 0 Å². The van der Waals surface area contributed by atoms with Crippen LogP contribution in [0.5, 0.6) is 5.75 Å². The van der Waals surface area contributed by atoms with E-state index in [1.54, 1.807) is 24.3 Å². The Hall–Kier alpha value is -2.56. The predicted molar refractivity (Wildman–Crippen MR) is 115 cm³/mol. The maximum absolute atomic E-state index is 13.3. The number of esters is 1. The van der Waals surface area contributed by atoms with Crippen molar-refractivity contribution in [3.8, 4) is 5.75 Å². The molecule has 0 amide bonds. The number of aromatic hydroxyl groups is 1. The van der Waals surface area contributed by atoms with Crippen LogP contribution in [-0.2, 0) is 14.3 Å². The first-order valence-corrected chi connectivity index (χ1v) is 11.0. The van der Waals surface area contributed by atoms with Crippen molar-refractivity contribution in [1.29, 1.82) is 0 Å². The molecule has 5 heteroatoms. The van der Waals surface area contributed by atoms with Crippen molar-refractivity contribution < 1.29 is 19.4 Å². The second-order valence-corrected chi connectivity index (χ2v) is 9.69. The molecule has 0 spiro atoms. The summed E-state index contributed by atoms with van der Waals surface area (Å²) < 4.78 is 5.91. The molecule has 1 atom stereocenters. The van der Waals surface area contributed by atoms with Gasteiger partial charge in [-0.1, -0.05) is 32.4 Å². The van der Waals surface area contributed by atoms with E-state index in [2.05, 4.69) is 19.2 Å². The molecule has 5 nitrogen and oxygen atoms in total. The van der Waals surface area contributed by atoms with Crippen LogP contribution < -0.4 is 5.32 Å². The first-order valence-electron chi connectivity index (χ1n) is 11.0. The van der Waals surface area contributed by atoms with Gasteiger partial charge in [-0.3, -0.25) is 4.79 Å². The van der Waals surface area contributed by atoms with Crippen molar-refractivity contribution in [2.45, 2.75) is 77.7 Å². The van der Waals surface area contributed by atoms with E-state index in [0.29, 0.717) is 17.6 Å². The van der Waals surface area contributed by atoms with Crippen LogP contribution >= 0.6 is 0 Å². The Morgan fingerprint density at radius 2 is 1.77 bits per heavy atom. The molecular formula is C25H31NO4. The highest BCUT2D eigenvalue weighted by atomic mass is 16.5. The van der Waals surface area contributed by atoms with Crippen LogP contribution in [0.2, 0.25) is 0 Å². The van der Waals surface area contributed by atoms with E-state index in [1.165, 1.54) is 6.42 Å². The summed E-state index contributed by atoms with van der Waals surface area (Å²) in [4.78, 5) is 26.6. The first-order chi connectivity index (χ1) is 14.2. The SMILES string of the molecule is CC1=C(C(=O)OC2CCCCC2)[C@H](c2ccc(O)cc2)C2=C(CC(C)(C)CC2=O)N1. The van der Waals surface area contributed by atoms with E-state index >= 15 is 0 Å². The lowest BCUT2D eigenvalue weighted by Crippen LogP contribution is -2.39. The third-order valence-corrected chi connectivity index (χ3v) is 6.51. The lowest BCUT2D eigenvalue weighted by Gasteiger charge is -2.39. The fraction of sp³-hybridized carbons (Fsp3) is 0.520. The van der Waals surface area contributed by atoms with E-state index < -0.39 is 5.92 Å². The molecule has 0 aromatic heterocycles. The number of hydrogen-bond donors (Lipinski definition) is 2. The van der Waals surface area contributed by atoms with Gasteiger partial charge >= 0.3 is 5.97 Å². The number of allylic oxidation sites excluding steroid dienone is 3. The summed E-state index contributed by atoms with van der Waals surface area (Å²) >= 11 is 0. The van der Waals surface area contributed by atoms with Gasteiger partial charge < -0.3 is 15.2 Å². The zero-order valence-electron chi connectivity index (χ0n) is 18.1. The molecule has 1 aromatic rings. The van der Waals surface area contributed by atoms with Crippen LogP contribution in [-0.4, -0.2) is 23.0 Å². The number of carbonyl (C=O) groups is 2. The van der Waals surface area contributed by atoms with Gasteiger partial charge in [-0.05, 0) is 62.1 Å². The van der Waals surface area contributed by atoms with E-state index in [9.17, 15) is 14.7 Å². The summed E-state index contributed by atoms with van der Waals surface area (Å²) in [5.74, 6) is -0.581. The zero-order valence-corrected chi connectivity index (χ0v) is 18.1. The average molecular weight is 410 g/mol. The molecule has 2 N–H and O–H groups in total. The number of dihydropyridines is 1. The molecule has 4 rings (SSSR count). The summed E-state index contributed by atoms with van der Waals surface area (Å²) in [5.41, 5.74) is 3.53. The van der Waals surface area contributed by atoms with Gasteiger partial charge in [0, 0.05) is 29.3 Å². The summed E-state index contributed by atoms with van der Waals surface area (Å²) in [6, 6.07) is 6.80. The molecule has 3 aliphatic rings. The largest absolute Gasteiger partial charge is 0.508 e. The Labute approximate surface area is 178 Å². The Kier molecular flexibility index (Phi) is 5.48. The molecule has 0 unspecified atom stereocenters. The van der Waals surface area contributed by atoms with Gasteiger partial charge in [0.15, 0.2) is 5.78 Å². The maximum atomic E-state index is 13.3. The monoisotopic (exact) mass is 409 g/mol. The van der Waals surface area contributed by atoms with Crippen molar-refractivity contribution in [3.05, 3.63) is 52.4 Å². The lowest BCUT2D eigenvalue weighted by atomic mass is 9.68. The highest BCUT2D eigenvalue weighted by Crippen LogP contribution is 2.47. The summed E-state index contributed by atoms with van der Waals surface area (Å²) in [6.07, 6.45) is 6.30. The molecular weight excluding hydrogens is 378 g/mol. The predicted octanol–water partition coefficient (Wildman–Crippen LogP) is 4.87. The molecule has 1 fully saturated rings. The van der Waals surface area contributed by atoms with Crippen LogP contribution in [0.4, 0.5) is 0 Å². The van der Waals surface area contributed by atoms with Crippen LogP contribution in [0, 0.1) is 5.41 Å². The number of hydrogen-bond acceptors (Lipinski definition) is 5. The number of rotatable bonds is 3. The summed E-state index contributed by atoms with van der Waals surface area (Å²) in [6.45, 7) is 6.08. The highest BCUT2D eigenvalue weighted by molar-refractivity contribution is 6.04. The number of ketones is 1. The van der Waals surface area contributed by atoms with Crippen molar-refractivity contribution in [3.63, 3.8) is 0 Å². The Morgan fingerprint density at radius 1 is 1.10 bits per heavy atom. The Morgan fingerprint density at radius 3 is 2.43 bits per heavy atom. The van der Waals surface area contributed by atoms with Gasteiger partial charge in [0.25, 0.3) is 0 Å². The fourth-order valence-electron chi connectivity index (χ4n) is 5.10. The summed E-state index contributed by atoms with van der Waals surface area (Å²) in [7, 11) is 0. The van der Waals surface area contributed by atoms with Gasteiger partial charge in [-0.2, -0.15) is 0 Å². The molecule has 0 bridgehead atoms. The quantitative estimate of drug-likeness (QED) is 0.697. The summed E-state index contributed by atoms with van der Waals surface area (Å²) in [5, 5.41) is 13.1. The second kappa shape index (κ2) is 7.93. The van der Waals surface area contributed by atoms with Crippen LogP contribution in [0.3, 0.4) is 0 Å². The standard InChI is InChI=1S/C25H31NO4/c1-15-21(24(29)30-18-7-5-4-6-8-18)22(16-9-11-17(27)12-10-16)23-19(26-15)13-25(2,3)14-20(23)28/h9-12,18,22,26-27H,4-8,13-14H2,1-3H3/t22-/m0/s1. The van der Waals surface area contributed by atoms with Gasteiger partial charge in [0.05, 0.1) is 5.57 Å². The molecule has 1 heterocycles. The Bertz CT molecular complexity index is 917. The number of Topliss-reactive ketones (excluding diaryl/α,β-unsaturated/α-hetero) is 1. The number of benzene rings is 1. The van der Waals surface area contributed by atoms with E-state index in [1.807, 2.05) is 6.92 Å². The topological polar surface area (TPSA) is 75.6 Å². The normalized spacial score (nSPS) is 24.4. The average Bonchev–Trinajstić information content (AvgIpc) is 2.67. The number of carbonyl (C=O) groups excluding carboxylic acids is 2. The van der Waals surface area contributed by atoms with Gasteiger partial charge in [0.2, 0.25) is 0 Å². The maximum Gasteiger partial charge on any atom is 0.337 e. The molecule has 1 aromatic carbocycles. The molecule has 30 heavy (non-hydrogen) atoms. The zero-order chi connectivity index (χ0) is 21.5. The Balaban J connectivity index is 1.75. The van der Waals surface area contributed by atoms with Crippen molar-refractivity contribution in [2.75, 3.05) is 0 Å². The van der Waals surface area contributed by atoms with E-state index in [4.69, 9.17) is 4.74 Å². The molecule has 0 saturated heterocycles. The number of phenols is 1. The van der Waals surface area contributed by atoms with E-state index in [0.717, 1.165) is 49.1 Å². The third-order valence-electron chi connectivity index (χ3n) is 6.51. The number of ether oxygens (including phenoxy) is 1. The van der Waals surface area contributed by atoms with Crippen molar-refractivity contribution >= 4 is 11.8 Å². The van der Waals surface area contributed by atoms with Crippen molar-refractivity contribution in [2.24, 2.45) is 5.41 Å². The fourth-order valence-corrected chi connectivity index (χ4v) is 5.10. The van der Waals surface area contributed by atoms with Crippen LogP contribution in [0.25, 0.3) is 0 Å². The minimum Gasteiger partial charge on any atom is -0.508 e. The van der Waals surface area contributed by atoms with Gasteiger partial charge in [0.1, 0.15) is 11.9 Å². The van der Waals surface area contributed by atoms with E-state index in [-0.39, 0.29) is 29.0 Å². The number of nitrogens with one attached hydrogen (secondary N) is 1.